The van der Waals surface area contributed by atoms with E-state index < -0.39 is 0 Å². The van der Waals surface area contributed by atoms with Crippen molar-refractivity contribution < 1.29 is 9.21 Å². The van der Waals surface area contributed by atoms with Gasteiger partial charge in [-0.3, -0.25) is 4.79 Å². The molecule has 0 aliphatic rings. The van der Waals surface area contributed by atoms with Crippen LogP contribution in [0.15, 0.2) is 23.0 Å². The predicted molar refractivity (Wildman–Crippen MR) is 62.6 cm³/mol. The Morgan fingerprint density at radius 2 is 2.38 bits per heavy atom. The second kappa shape index (κ2) is 6.33. The number of nitrogens with two attached hydrogens (primary N) is 1. The summed E-state index contributed by atoms with van der Waals surface area (Å²) in [6, 6.07) is 1.86. The first kappa shape index (κ1) is 12.8. The third kappa shape index (κ3) is 3.38. The van der Waals surface area contributed by atoms with Gasteiger partial charge in [0.1, 0.15) is 0 Å². The van der Waals surface area contributed by atoms with Gasteiger partial charge in [-0.1, -0.05) is 13.3 Å². The topological polar surface area (TPSA) is 59.5 Å². The summed E-state index contributed by atoms with van der Waals surface area (Å²) in [5.74, 6) is 0.0625. The van der Waals surface area contributed by atoms with Crippen molar-refractivity contribution in [3.8, 4) is 0 Å². The minimum atomic E-state index is -0.0538. The van der Waals surface area contributed by atoms with E-state index in [4.69, 9.17) is 10.2 Å². The van der Waals surface area contributed by atoms with Gasteiger partial charge in [0.25, 0.3) is 0 Å². The van der Waals surface area contributed by atoms with Crippen LogP contribution in [0.5, 0.6) is 0 Å². The first-order chi connectivity index (χ1) is 7.69. The molecule has 0 saturated carbocycles. The molecule has 4 nitrogen and oxygen atoms in total. The smallest absolute Gasteiger partial charge is 0.226 e. The van der Waals surface area contributed by atoms with E-state index in [2.05, 4.69) is 6.92 Å². The molecule has 16 heavy (non-hydrogen) atoms. The number of furan rings is 1. The standard InChI is InChI=1S/C12H20N2O2/c1-3-4-11(7-13)12(15)14(2)8-10-5-6-16-9-10/h5-6,9,11H,3-4,7-8,13H2,1-2H3. The van der Waals surface area contributed by atoms with Crippen LogP contribution in [0.4, 0.5) is 0 Å². The third-order valence-electron chi connectivity index (χ3n) is 2.65. The molecule has 1 unspecified atom stereocenters. The van der Waals surface area contributed by atoms with Crippen molar-refractivity contribution >= 4 is 5.91 Å². The summed E-state index contributed by atoms with van der Waals surface area (Å²) >= 11 is 0. The molecule has 90 valence electrons. The van der Waals surface area contributed by atoms with Crippen LogP contribution in [0.2, 0.25) is 0 Å². The Labute approximate surface area is 96.4 Å². The lowest BCUT2D eigenvalue weighted by Crippen LogP contribution is -2.36. The van der Waals surface area contributed by atoms with Gasteiger partial charge >= 0.3 is 0 Å². The van der Waals surface area contributed by atoms with E-state index in [0.29, 0.717) is 13.1 Å². The minimum absolute atomic E-state index is 0.0538. The van der Waals surface area contributed by atoms with Gasteiger partial charge in [0.2, 0.25) is 5.91 Å². The first-order valence-corrected chi connectivity index (χ1v) is 5.65. The molecule has 1 aromatic rings. The molecule has 4 heteroatoms. The Bertz CT molecular complexity index is 309. The number of nitrogens with zero attached hydrogens (tertiary/aromatic N) is 1. The lowest BCUT2D eigenvalue weighted by molar-refractivity contribution is -0.134. The lowest BCUT2D eigenvalue weighted by Gasteiger charge is -2.22. The van der Waals surface area contributed by atoms with Crippen LogP contribution in [0, 0.1) is 5.92 Å². The maximum atomic E-state index is 12.0. The lowest BCUT2D eigenvalue weighted by atomic mass is 10.0. The fourth-order valence-corrected chi connectivity index (χ4v) is 1.74. The zero-order valence-corrected chi connectivity index (χ0v) is 9.98. The predicted octanol–water partition coefficient (Wildman–Crippen LogP) is 1.61. The summed E-state index contributed by atoms with van der Waals surface area (Å²) in [5, 5.41) is 0. The highest BCUT2D eigenvalue weighted by molar-refractivity contribution is 5.78. The van der Waals surface area contributed by atoms with Crippen LogP contribution in [0.3, 0.4) is 0 Å². The summed E-state index contributed by atoms with van der Waals surface area (Å²) in [6.07, 6.45) is 5.10. The van der Waals surface area contributed by atoms with Crippen molar-refractivity contribution in [2.45, 2.75) is 26.3 Å². The van der Waals surface area contributed by atoms with Gasteiger partial charge in [-0.05, 0) is 12.5 Å². The normalized spacial score (nSPS) is 12.4. The van der Waals surface area contributed by atoms with E-state index >= 15 is 0 Å². The van der Waals surface area contributed by atoms with Gasteiger partial charge in [0, 0.05) is 25.7 Å². The number of amides is 1. The fraction of sp³-hybridized carbons (Fsp3) is 0.583. The van der Waals surface area contributed by atoms with Crippen LogP contribution in [-0.4, -0.2) is 24.4 Å². The highest BCUT2D eigenvalue weighted by Gasteiger charge is 2.19. The highest BCUT2D eigenvalue weighted by Crippen LogP contribution is 2.11. The molecule has 1 rings (SSSR count). The highest BCUT2D eigenvalue weighted by atomic mass is 16.3. The van der Waals surface area contributed by atoms with Gasteiger partial charge < -0.3 is 15.1 Å². The average molecular weight is 224 g/mol. The van der Waals surface area contributed by atoms with E-state index in [9.17, 15) is 4.79 Å². The molecule has 0 spiro atoms. The van der Waals surface area contributed by atoms with E-state index in [-0.39, 0.29) is 11.8 Å². The maximum Gasteiger partial charge on any atom is 0.226 e. The van der Waals surface area contributed by atoms with Crippen LogP contribution in [0.1, 0.15) is 25.3 Å². The van der Waals surface area contributed by atoms with Gasteiger partial charge in [0.15, 0.2) is 0 Å². The first-order valence-electron chi connectivity index (χ1n) is 5.65. The molecule has 0 saturated heterocycles. The third-order valence-corrected chi connectivity index (χ3v) is 2.65. The molecule has 1 amide bonds. The summed E-state index contributed by atoms with van der Waals surface area (Å²) in [6.45, 7) is 3.06. The molecule has 1 atom stereocenters. The average Bonchev–Trinajstić information content (AvgIpc) is 2.77. The Morgan fingerprint density at radius 3 is 2.88 bits per heavy atom. The van der Waals surface area contributed by atoms with Gasteiger partial charge in [-0.15, -0.1) is 0 Å². The Balaban J connectivity index is 2.52. The zero-order chi connectivity index (χ0) is 12.0. The fourth-order valence-electron chi connectivity index (χ4n) is 1.74. The molecule has 0 aliphatic carbocycles. The summed E-state index contributed by atoms with van der Waals surface area (Å²) in [5.41, 5.74) is 6.61. The van der Waals surface area contributed by atoms with Crippen molar-refractivity contribution in [1.82, 2.24) is 4.90 Å². The van der Waals surface area contributed by atoms with Crippen molar-refractivity contribution in [2.24, 2.45) is 11.7 Å². The van der Waals surface area contributed by atoms with E-state index in [1.807, 2.05) is 6.07 Å². The van der Waals surface area contributed by atoms with E-state index in [0.717, 1.165) is 18.4 Å². The van der Waals surface area contributed by atoms with Crippen LogP contribution in [0.25, 0.3) is 0 Å². The SMILES string of the molecule is CCCC(CN)C(=O)N(C)Cc1ccoc1. The number of rotatable bonds is 6. The Hall–Kier alpha value is -1.29. The van der Waals surface area contributed by atoms with Gasteiger partial charge in [-0.2, -0.15) is 0 Å². The molecule has 0 fully saturated rings. The molecule has 1 aromatic heterocycles. The molecule has 0 radical (unpaired) electrons. The van der Waals surface area contributed by atoms with E-state index in [1.165, 1.54) is 0 Å². The monoisotopic (exact) mass is 224 g/mol. The molecule has 2 N–H and O–H groups in total. The number of carbonyl (C=O) groups excluding carboxylic acids is 1. The van der Waals surface area contributed by atoms with Crippen molar-refractivity contribution in [2.75, 3.05) is 13.6 Å². The van der Waals surface area contributed by atoms with Crippen LogP contribution in [-0.2, 0) is 11.3 Å². The second-order valence-corrected chi connectivity index (χ2v) is 4.05. The van der Waals surface area contributed by atoms with Crippen molar-refractivity contribution in [3.05, 3.63) is 24.2 Å². The summed E-state index contributed by atoms with van der Waals surface area (Å²) in [7, 11) is 1.80. The number of carbonyl (C=O) groups is 1. The van der Waals surface area contributed by atoms with Gasteiger partial charge in [-0.25, -0.2) is 0 Å². The van der Waals surface area contributed by atoms with Crippen LogP contribution >= 0.6 is 0 Å². The molecule has 0 aromatic carbocycles. The Morgan fingerprint density at radius 1 is 1.62 bits per heavy atom. The summed E-state index contributed by atoms with van der Waals surface area (Å²) < 4.78 is 4.97. The number of hydrogen-bond acceptors (Lipinski definition) is 3. The van der Waals surface area contributed by atoms with Crippen molar-refractivity contribution in [3.63, 3.8) is 0 Å². The van der Waals surface area contributed by atoms with E-state index in [1.54, 1.807) is 24.5 Å². The number of hydrogen-bond donors (Lipinski definition) is 1. The molecule has 1 heterocycles. The summed E-state index contributed by atoms with van der Waals surface area (Å²) in [4.78, 5) is 13.7. The molecule has 0 bridgehead atoms. The maximum absolute atomic E-state index is 12.0. The largest absolute Gasteiger partial charge is 0.472 e. The minimum Gasteiger partial charge on any atom is -0.472 e. The zero-order valence-electron chi connectivity index (χ0n) is 9.98. The van der Waals surface area contributed by atoms with Gasteiger partial charge in [0.05, 0.1) is 18.4 Å². The Kier molecular flexibility index (Phi) is 5.05. The second-order valence-electron chi connectivity index (χ2n) is 4.05. The van der Waals surface area contributed by atoms with Crippen molar-refractivity contribution in [1.29, 1.82) is 0 Å². The molecular weight excluding hydrogens is 204 g/mol. The van der Waals surface area contributed by atoms with Crippen LogP contribution < -0.4 is 5.73 Å². The molecule has 0 aliphatic heterocycles. The molecular formula is C12H20N2O2. The quantitative estimate of drug-likeness (QED) is 0.798.